The number of nitrogens with zero attached hydrogens (tertiary/aromatic N) is 4. The van der Waals surface area contributed by atoms with Gasteiger partial charge in [-0.3, -0.25) is 0 Å². The van der Waals surface area contributed by atoms with Gasteiger partial charge in [0.25, 0.3) is 0 Å². The Hall–Kier alpha value is -3.30. The number of hydrazone groups is 1. The van der Waals surface area contributed by atoms with Crippen LogP contribution in [-0.4, -0.2) is 34.0 Å². The van der Waals surface area contributed by atoms with E-state index in [1.165, 1.54) is 0 Å². The van der Waals surface area contributed by atoms with Gasteiger partial charge in [-0.2, -0.15) is 10.1 Å². The minimum absolute atomic E-state index is 0.426. The molecule has 4 N–H and O–H groups in total. The van der Waals surface area contributed by atoms with Gasteiger partial charge in [-0.15, -0.1) is 0 Å². The van der Waals surface area contributed by atoms with Gasteiger partial charge < -0.3 is 15.6 Å². The normalized spacial score (nSPS) is 17.0. The second-order valence-corrected chi connectivity index (χ2v) is 7.60. The maximum atomic E-state index is 11.7. The minimum atomic E-state index is -1.56. The van der Waals surface area contributed by atoms with Crippen LogP contribution >= 0.6 is 0 Å². The number of anilines is 3. The molecule has 0 radical (unpaired) electrons. The average Bonchev–Trinajstić information content (AvgIpc) is 2.75. The van der Waals surface area contributed by atoms with E-state index >= 15 is 0 Å². The van der Waals surface area contributed by atoms with E-state index in [1.807, 2.05) is 68.3 Å². The maximum absolute atomic E-state index is 11.7. The van der Waals surface area contributed by atoms with Crippen LogP contribution in [0.25, 0.3) is 0 Å². The van der Waals surface area contributed by atoms with Crippen LogP contribution < -0.4 is 20.8 Å². The van der Waals surface area contributed by atoms with Crippen molar-refractivity contribution in [2.45, 2.75) is 18.7 Å². The third-order valence-electron chi connectivity index (χ3n) is 4.59. The summed E-state index contributed by atoms with van der Waals surface area (Å²) in [6.45, 7) is 3.85. The molecule has 1 aromatic carbocycles. The Balaban J connectivity index is 1.85. The molecule has 0 amide bonds. The molecule has 1 atom stereocenters. The lowest BCUT2D eigenvalue weighted by Gasteiger charge is -2.22. The first-order chi connectivity index (χ1) is 14.4. The van der Waals surface area contributed by atoms with Crippen molar-refractivity contribution >= 4 is 34.2 Å². The molecule has 0 aliphatic heterocycles. The number of aromatic nitrogens is 2. The van der Waals surface area contributed by atoms with E-state index in [0.29, 0.717) is 22.3 Å². The van der Waals surface area contributed by atoms with Crippen molar-refractivity contribution in [2.75, 3.05) is 24.3 Å². The maximum Gasteiger partial charge on any atom is 0.229 e. The SMILES string of the molecule is C/C=C1\C=CC(N(C)c2ccnc(Nc3ccc(C)c(S(N)=O)c3)n2)=C\C1=N\NC. The van der Waals surface area contributed by atoms with E-state index < -0.39 is 11.0 Å². The van der Waals surface area contributed by atoms with Gasteiger partial charge in [-0.1, -0.05) is 18.2 Å². The summed E-state index contributed by atoms with van der Waals surface area (Å²) in [5.41, 5.74) is 7.25. The molecule has 156 valence electrons. The Labute approximate surface area is 178 Å². The number of nitrogens with two attached hydrogens (primary N) is 1. The molecule has 0 saturated carbocycles. The third kappa shape index (κ3) is 4.81. The van der Waals surface area contributed by atoms with Crippen molar-refractivity contribution in [1.82, 2.24) is 15.4 Å². The Kier molecular flexibility index (Phi) is 6.76. The smallest absolute Gasteiger partial charge is 0.229 e. The van der Waals surface area contributed by atoms with Gasteiger partial charge in [0.1, 0.15) is 16.8 Å². The highest BCUT2D eigenvalue weighted by atomic mass is 32.2. The van der Waals surface area contributed by atoms with Crippen LogP contribution in [0.1, 0.15) is 12.5 Å². The highest BCUT2D eigenvalue weighted by Crippen LogP contribution is 2.23. The van der Waals surface area contributed by atoms with Crippen LogP contribution in [0.2, 0.25) is 0 Å². The van der Waals surface area contributed by atoms with Gasteiger partial charge in [0.05, 0.1) is 10.6 Å². The highest BCUT2D eigenvalue weighted by Gasteiger charge is 2.14. The number of likely N-dealkylation sites (N-methyl/N-ethyl adjacent to an activating group) is 1. The molecule has 1 unspecified atom stereocenters. The van der Waals surface area contributed by atoms with Gasteiger partial charge in [0.2, 0.25) is 5.95 Å². The number of allylic oxidation sites excluding steroid dienone is 5. The van der Waals surface area contributed by atoms with E-state index in [-0.39, 0.29) is 0 Å². The highest BCUT2D eigenvalue weighted by molar-refractivity contribution is 7.82. The monoisotopic (exact) mass is 423 g/mol. The molecule has 0 saturated heterocycles. The number of benzene rings is 1. The molecule has 9 heteroatoms. The van der Waals surface area contributed by atoms with Crippen molar-refractivity contribution in [3.05, 3.63) is 71.6 Å². The second kappa shape index (κ2) is 9.47. The molecule has 1 aliphatic rings. The first-order valence-electron chi connectivity index (χ1n) is 9.34. The Morgan fingerprint density at radius 2 is 2.07 bits per heavy atom. The van der Waals surface area contributed by atoms with Gasteiger partial charge in [-0.25, -0.2) is 14.3 Å². The van der Waals surface area contributed by atoms with E-state index in [4.69, 9.17) is 5.14 Å². The Bertz CT molecular complexity index is 1090. The molecule has 0 fully saturated rings. The number of rotatable bonds is 6. The summed E-state index contributed by atoms with van der Waals surface area (Å²) in [5.74, 6) is 1.14. The molecule has 1 heterocycles. The lowest BCUT2D eigenvalue weighted by molar-refractivity contribution is 0.684. The fraction of sp³-hybridized carbons (Fsp3) is 0.190. The van der Waals surface area contributed by atoms with E-state index in [2.05, 4.69) is 25.8 Å². The van der Waals surface area contributed by atoms with Crippen LogP contribution in [0.3, 0.4) is 0 Å². The summed E-state index contributed by atoms with van der Waals surface area (Å²) in [7, 11) is 2.15. The number of nitrogens with one attached hydrogen (secondary N) is 2. The van der Waals surface area contributed by atoms with Crippen LogP contribution in [0.5, 0.6) is 0 Å². The fourth-order valence-corrected chi connectivity index (χ4v) is 3.58. The summed E-state index contributed by atoms with van der Waals surface area (Å²) in [6, 6.07) is 7.31. The second-order valence-electron chi connectivity index (χ2n) is 6.57. The van der Waals surface area contributed by atoms with Gasteiger partial charge in [0.15, 0.2) is 0 Å². The summed E-state index contributed by atoms with van der Waals surface area (Å²) in [5, 5.41) is 13.0. The number of hydrogen-bond donors (Lipinski definition) is 3. The predicted octanol–water partition coefficient (Wildman–Crippen LogP) is 2.92. The van der Waals surface area contributed by atoms with E-state index in [9.17, 15) is 4.21 Å². The van der Waals surface area contributed by atoms with Crippen molar-refractivity contribution in [2.24, 2.45) is 10.2 Å². The van der Waals surface area contributed by atoms with Crippen LogP contribution in [0.15, 0.2) is 76.0 Å². The van der Waals surface area contributed by atoms with Crippen molar-refractivity contribution in [3.8, 4) is 0 Å². The molecule has 0 spiro atoms. The molecule has 30 heavy (non-hydrogen) atoms. The molecule has 1 aromatic heterocycles. The zero-order valence-corrected chi connectivity index (χ0v) is 18.2. The first kappa shape index (κ1) is 21.4. The first-order valence-corrected chi connectivity index (χ1v) is 10.6. The summed E-state index contributed by atoms with van der Waals surface area (Å²) >= 11 is 0. The molecule has 2 aromatic rings. The Morgan fingerprint density at radius 3 is 2.77 bits per heavy atom. The zero-order valence-electron chi connectivity index (χ0n) is 17.4. The van der Waals surface area contributed by atoms with Crippen molar-refractivity contribution in [3.63, 3.8) is 0 Å². The van der Waals surface area contributed by atoms with Crippen molar-refractivity contribution in [1.29, 1.82) is 0 Å². The fourth-order valence-electron chi connectivity index (χ4n) is 2.95. The summed E-state index contributed by atoms with van der Waals surface area (Å²) in [6.07, 6.45) is 9.72. The Morgan fingerprint density at radius 1 is 1.27 bits per heavy atom. The summed E-state index contributed by atoms with van der Waals surface area (Å²) < 4.78 is 11.7. The summed E-state index contributed by atoms with van der Waals surface area (Å²) in [4.78, 5) is 11.4. The molecule has 0 bridgehead atoms. The predicted molar refractivity (Wildman–Crippen MR) is 123 cm³/mol. The van der Waals surface area contributed by atoms with Gasteiger partial charge >= 0.3 is 0 Å². The number of aryl methyl sites for hydroxylation is 1. The molecule has 3 rings (SSSR count). The average molecular weight is 424 g/mol. The van der Waals surface area contributed by atoms with E-state index in [0.717, 1.165) is 22.5 Å². The third-order valence-corrected chi connectivity index (χ3v) is 5.46. The minimum Gasteiger partial charge on any atom is -0.329 e. The standard InChI is InChI=1S/C21H25N7OS/c1-5-15-7-9-17(13-18(15)27-23-3)28(4)20-10-11-24-21(26-20)25-16-8-6-14(2)19(12-16)30(22)29/h5-13,23H,22H2,1-4H3,(H,24,25,26)/b15-5+,27-18-. The molecule has 8 nitrogen and oxygen atoms in total. The molecule has 1 aliphatic carbocycles. The van der Waals surface area contributed by atoms with Gasteiger partial charge in [-0.05, 0) is 55.3 Å². The zero-order chi connectivity index (χ0) is 21.7. The molecular weight excluding hydrogens is 398 g/mol. The quantitative estimate of drug-likeness (QED) is 0.617. The van der Waals surface area contributed by atoms with Crippen LogP contribution in [-0.2, 0) is 11.0 Å². The largest absolute Gasteiger partial charge is 0.329 e. The molecular formula is C21H25N7OS. The van der Waals surface area contributed by atoms with E-state index in [1.54, 1.807) is 19.3 Å². The van der Waals surface area contributed by atoms with Crippen LogP contribution in [0, 0.1) is 6.92 Å². The lowest BCUT2D eigenvalue weighted by Crippen LogP contribution is -2.21. The lowest BCUT2D eigenvalue weighted by atomic mass is 10.0. The topological polar surface area (TPSA) is 109 Å². The van der Waals surface area contributed by atoms with Crippen molar-refractivity contribution < 1.29 is 4.21 Å². The number of hydrogen-bond acceptors (Lipinski definition) is 7. The van der Waals surface area contributed by atoms with Crippen LogP contribution in [0.4, 0.5) is 17.5 Å². The van der Waals surface area contributed by atoms with Gasteiger partial charge in [0, 0.05) is 31.7 Å².